The number of ether oxygens (including phenoxy) is 2. The molecule has 4 rings (SSSR count). The number of thiazole rings is 1. The Balaban J connectivity index is 1.50. The van der Waals surface area contributed by atoms with Crippen LogP contribution in [0.3, 0.4) is 0 Å². The number of halogens is 3. The molecule has 3 aromatic heterocycles. The molecule has 9 nitrogen and oxygen atoms in total. The third-order valence-corrected chi connectivity index (χ3v) is 6.70. The maximum atomic E-state index is 13.0. The summed E-state index contributed by atoms with van der Waals surface area (Å²) in [6.07, 6.45) is -1.12. The molecule has 0 saturated carbocycles. The second kappa shape index (κ2) is 10.2. The Morgan fingerprint density at radius 2 is 1.89 bits per heavy atom. The highest BCUT2D eigenvalue weighted by Crippen LogP contribution is 2.34. The van der Waals surface area contributed by atoms with E-state index < -0.39 is 23.6 Å². The van der Waals surface area contributed by atoms with E-state index in [0.717, 1.165) is 17.1 Å². The number of carbonyl (C=O) groups excluding carboxylic acids is 1. The first kappa shape index (κ1) is 26.7. The molecule has 1 aliphatic rings. The van der Waals surface area contributed by atoms with Crippen LogP contribution in [-0.2, 0) is 15.7 Å². The standard InChI is InChI=1S/C24H27F3N6O3S/c1-13(17-11-30-20(37-17)15-6-8-28-18(10-15)24(25,26)27)31-21-29-9-7-19(32-21)33-16(12-35-22(33)34)14(2)36-23(3,4)5/h6-11,13-14,16H,12H2,1-5H3,(H,29,31,32)/t13-,14+,16+/m0/s1. The number of hydrogen-bond donors (Lipinski definition) is 1. The fourth-order valence-electron chi connectivity index (χ4n) is 3.84. The molecule has 1 saturated heterocycles. The first-order valence-electron chi connectivity index (χ1n) is 11.5. The summed E-state index contributed by atoms with van der Waals surface area (Å²) in [5, 5.41) is 3.60. The number of aromatic nitrogens is 4. The molecule has 1 N–H and O–H groups in total. The van der Waals surface area contributed by atoms with Crippen LogP contribution in [0.4, 0.5) is 29.7 Å². The number of alkyl halides is 3. The quantitative estimate of drug-likeness (QED) is 0.409. The van der Waals surface area contributed by atoms with Gasteiger partial charge in [-0.3, -0.25) is 9.88 Å². The van der Waals surface area contributed by atoms with Crippen LogP contribution >= 0.6 is 11.3 Å². The van der Waals surface area contributed by atoms with Crippen molar-refractivity contribution in [3.05, 3.63) is 47.4 Å². The van der Waals surface area contributed by atoms with Gasteiger partial charge >= 0.3 is 12.3 Å². The fourth-order valence-corrected chi connectivity index (χ4v) is 4.75. The number of cyclic esters (lactones) is 1. The molecule has 3 atom stereocenters. The third kappa shape index (κ3) is 6.34. The van der Waals surface area contributed by atoms with E-state index in [9.17, 15) is 18.0 Å². The number of amides is 1. The van der Waals surface area contributed by atoms with Crippen molar-refractivity contribution in [1.82, 2.24) is 19.9 Å². The molecular weight excluding hydrogens is 509 g/mol. The monoisotopic (exact) mass is 536 g/mol. The molecule has 37 heavy (non-hydrogen) atoms. The van der Waals surface area contributed by atoms with E-state index in [1.165, 1.54) is 28.5 Å². The van der Waals surface area contributed by atoms with E-state index in [2.05, 4.69) is 25.3 Å². The molecular formula is C24H27F3N6O3S. The average molecular weight is 537 g/mol. The Kier molecular flexibility index (Phi) is 7.38. The van der Waals surface area contributed by atoms with Crippen molar-refractivity contribution in [1.29, 1.82) is 0 Å². The van der Waals surface area contributed by atoms with Gasteiger partial charge in [0.2, 0.25) is 5.95 Å². The van der Waals surface area contributed by atoms with Gasteiger partial charge in [0.05, 0.1) is 17.7 Å². The van der Waals surface area contributed by atoms with Crippen LogP contribution in [0.2, 0.25) is 0 Å². The number of rotatable bonds is 7. The normalized spacial score (nSPS) is 18.0. The van der Waals surface area contributed by atoms with Gasteiger partial charge in [0.1, 0.15) is 29.2 Å². The lowest BCUT2D eigenvalue weighted by Crippen LogP contribution is -2.45. The molecule has 198 valence electrons. The summed E-state index contributed by atoms with van der Waals surface area (Å²) < 4.78 is 50.4. The Labute approximate surface area is 216 Å². The molecule has 1 fully saturated rings. The van der Waals surface area contributed by atoms with Crippen LogP contribution in [0.5, 0.6) is 0 Å². The van der Waals surface area contributed by atoms with Gasteiger partial charge in [-0.1, -0.05) is 0 Å². The van der Waals surface area contributed by atoms with Crippen molar-refractivity contribution in [3.63, 3.8) is 0 Å². The van der Waals surface area contributed by atoms with Crippen molar-refractivity contribution in [2.45, 2.75) is 64.6 Å². The molecule has 0 unspecified atom stereocenters. The number of hydrogen-bond acceptors (Lipinski definition) is 9. The smallest absolute Gasteiger partial charge is 0.433 e. The number of nitrogens with zero attached hydrogens (tertiary/aromatic N) is 5. The van der Waals surface area contributed by atoms with Gasteiger partial charge in [-0.15, -0.1) is 11.3 Å². The summed E-state index contributed by atoms with van der Waals surface area (Å²) in [5.74, 6) is 0.633. The Morgan fingerprint density at radius 3 is 2.59 bits per heavy atom. The van der Waals surface area contributed by atoms with Crippen LogP contribution < -0.4 is 10.2 Å². The summed E-state index contributed by atoms with van der Waals surface area (Å²) in [7, 11) is 0. The summed E-state index contributed by atoms with van der Waals surface area (Å²) in [5.41, 5.74) is -1.05. The van der Waals surface area contributed by atoms with Crippen molar-refractivity contribution in [2.24, 2.45) is 0 Å². The number of anilines is 2. The molecule has 13 heteroatoms. The maximum absolute atomic E-state index is 13.0. The van der Waals surface area contributed by atoms with E-state index in [4.69, 9.17) is 9.47 Å². The summed E-state index contributed by atoms with van der Waals surface area (Å²) in [4.78, 5) is 31.2. The van der Waals surface area contributed by atoms with Gasteiger partial charge in [0.15, 0.2) is 0 Å². The molecule has 0 aliphatic carbocycles. The van der Waals surface area contributed by atoms with Crippen molar-refractivity contribution >= 4 is 29.2 Å². The highest BCUT2D eigenvalue weighted by Gasteiger charge is 2.40. The molecule has 3 aromatic rings. The zero-order valence-electron chi connectivity index (χ0n) is 20.9. The molecule has 1 amide bonds. The van der Waals surface area contributed by atoms with Crippen LogP contribution in [0.15, 0.2) is 36.8 Å². The third-order valence-electron chi connectivity index (χ3n) is 5.47. The lowest BCUT2D eigenvalue weighted by molar-refractivity contribution is -0.141. The van der Waals surface area contributed by atoms with E-state index in [1.54, 1.807) is 12.3 Å². The first-order chi connectivity index (χ1) is 17.3. The lowest BCUT2D eigenvalue weighted by Gasteiger charge is -2.31. The van der Waals surface area contributed by atoms with Crippen LogP contribution in [-0.4, -0.2) is 50.4 Å². The maximum Gasteiger partial charge on any atom is 0.433 e. The summed E-state index contributed by atoms with van der Waals surface area (Å²) in [6, 6.07) is 3.40. The van der Waals surface area contributed by atoms with Gasteiger partial charge in [0, 0.05) is 29.0 Å². The van der Waals surface area contributed by atoms with Crippen molar-refractivity contribution in [2.75, 3.05) is 16.8 Å². The van der Waals surface area contributed by atoms with Gasteiger partial charge < -0.3 is 14.8 Å². The van der Waals surface area contributed by atoms with E-state index in [1.807, 2.05) is 34.6 Å². The highest BCUT2D eigenvalue weighted by molar-refractivity contribution is 7.15. The van der Waals surface area contributed by atoms with Gasteiger partial charge in [0.25, 0.3) is 0 Å². The Morgan fingerprint density at radius 1 is 1.16 bits per heavy atom. The van der Waals surface area contributed by atoms with Gasteiger partial charge in [-0.2, -0.15) is 18.2 Å². The topological polar surface area (TPSA) is 102 Å². The minimum absolute atomic E-state index is 0.175. The number of pyridine rings is 1. The zero-order valence-corrected chi connectivity index (χ0v) is 21.7. The SMILES string of the molecule is C[C@H](Nc1nccc(N2C(=O)OC[C@@H]2[C@@H](C)OC(C)(C)C)n1)c1cnc(-c2ccnc(C(F)(F)F)c2)s1. The second-order valence-corrected chi connectivity index (χ2v) is 10.6. The number of nitrogens with one attached hydrogen (secondary N) is 1. The van der Waals surface area contributed by atoms with Crippen molar-refractivity contribution in [3.8, 4) is 10.6 Å². The van der Waals surface area contributed by atoms with E-state index >= 15 is 0 Å². The van der Waals surface area contributed by atoms with E-state index in [-0.39, 0.29) is 30.7 Å². The highest BCUT2D eigenvalue weighted by atomic mass is 32.1. The van der Waals surface area contributed by atoms with Crippen LogP contribution in [0, 0.1) is 0 Å². The molecule has 0 radical (unpaired) electrons. The Bertz CT molecular complexity index is 1260. The second-order valence-electron chi connectivity index (χ2n) is 9.55. The predicted octanol–water partition coefficient (Wildman–Crippen LogP) is 5.72. The average Bonchev–Trinajstić information content (AvgIpc) is 3.45. The predicted molar refractivity (Wildman–Crippen MR) is 132 cm³/mol. The van der Waals surface area contributed by atoms with Gasteiger partial charge in [-0.05, 0) is 52.8 Å². The molecule has 1 aliphatic heterocycles. The lowest BCUT2D eigenvalue weighted by atomic mass is 10.1. The van der Waals surface area contributed by atoms with Crippen LogP contribution in [0.1, 0.15) is 51.2 Å². The largest absolute Gasteiger partial charge is 0.447 e. The fraction of sp³-hybridized carbons (Fsp3) is 0.458. The summed E-state index contributed by atoms with van der Waals surface area (Å²) >= 11 is 1.25. The first-order valence-corrected chi connectivity index (χ1v) is 12.4. The molecule has 0 bridgehead atoms. The Hall–Kier alpha value is -3.32. The van der Waals surface area contributed by atoms with Crippen LogP contribution in [0.25, 0.3) is 10.6 Å². The number of carbonyl (C=O) groups is 1. The molecule has 0 aromatic carbocycles. The minimum Gasteiger partial charge on any atom is -0.447 e. The van der Waals surface area contributed by atoms with Crippen molar-refractivity contribution < 1.29 is 27.4 Å². The summed E-state index contributed by atoms with van der Waals surface area (Å²) in [6.45, 7) is 9.73. The minimum atomic E-state index is -4.54. The van der Waals surface area contributed by atoms with Gasteiger partial charge in [-0.25, -0.2) is 14.8 Å². The molecule has 4 heterocycles. The van der Waals surface area contributed by atoms with E-state index in [0.29, 0.717) is 16.4 Å². The molecule has 0 spiro atoms. The zero-order chi connectivity index (χ0) is 27.0.